The van der Waals surface area contributed by atoms with Gasteiger partial charge in [-0.1, -0.05) is 32.0 Å². The second-order valence-corrected chi connectivity index (χ2v) is 9.19. The molecule has 0 aromatic heterocycles. The smallest absolute Gasteiger partial charge is 0.243 e. The molecule has 0 aliphatic rings. The number of benzene rings is 2. The zero-order valence-electron chi connectivity index (χ0n) is 16.2. The van der Waals surface area contributed by atoms with Crippen LogP contribution in [0.15, 0.2) is 52.3 Å². The summed E-state index contributed by atoms with van der Waals surface area (Å²) in [6.45, 7) is 6.06. The Balaban J connectivity index is 2.04. The second kappa shape index (κ2) is 10.0. The van der Waals surface area contributed by atoms with Crippen molar-refractivity contribution >= 4 is 33.4 Å². The SMILES string of the molecule is CCN(CC)S(=O)(=O)c1cc(NC(=O)CCSc2ccccc2F)ccc1C. The molecule has 1 amide bonds. The lowest BCUT2D eigenvalue weighted by molar-refractivity contribution is -0.115. The molecule has 0 atom stereocenters. The predicted molar refractivity (Wildman–Crippen MR) is 112 cm³/mol. The van der Waals surface area contributed by atoms with Crippen LogP contribution in [0.2, 0.25) is 0 Å². The number of amides is 1. The number of nitrogens with zero attached hydrogens (tertiary/aromatic N) is 1. The van der Waals surface area contributed by atoms with Crippen LogP contribution in [0.3, 0.4) is 0 Å². The first-order valence-corrected chi connectivity index (χ1v) is 11.5. The molecule has 0 bridgehead atoms. The lowest BCUT2D eigenvalue weighted by Gasteiger charge is -2.20. The minimum Gasteiger partial charge on any atom is -0.326 e. The van der Waals surface area contributed by atoms with E-state index >= 15 is 0 Å². The molecule has 0 aliphatic heterocycles. The number of anilines is 1. The monoisotopic (exact) mass is 424 g/mol. The average Bonchev–Trinajstić information content (AvgIpc) is 2.65. The van der Waals surface area contributed by atoms with Crippen LogP contribution in [0.4, 0.5) is 10.1 Å². The summed E-state index contributed by atoms with van der Waals surface area (Å²) >= 11 is 1.27. The number of carbonyl (C=O) groups excluding carboxylic acids is 1. The molecular weight excluding hydrogens is 399 g/mol. The summed E-state index contributed by atoms with van der Waals surface area (Å²) in [7, 11) is -3.61. The molecule has 0 aliphatic carbocycles. The van der Waals surface area contributed by atoms with E-state index in [-0.39, 0.29) is 23.0 Å². The Labute approximate surface area is 170 Å². The number of aryl methyl sites for hydroxylation is 1. The molecule has 1 N–H and O–H groups in total. The first-order valence-electron chi connectivity index (χ1n) is 9.07. The number of halogens is 1. The number of sulfonamides is 1. The summed E-state index contributed by atoms with van der Waals surface area (Å²) in [6.07, 6.45) is 0.186. The van der Waals surface area contributed by atoms with Crippen LogP contribution in [0, 0.1) is 12.7 Å². The van der Waals surface area contributed by atoms with Crippen LogP contribution in [0.1, 0.15) is 25.8 Å². The molecule has 2 aromatic carbocycles. The molecule has 28 heavy (non-hydrogen) atoms. The van der Waals surface area contributed by atoms with Gasteiger partial charge in [-0.2, -0.15) is 4.31 Å². The average molecular weight is 425 g/mol. The Morgan fingerprint density at radius 1 is 1.14 bits per heavy atom. The van der Waals surface area contributed by atoms with E-state index in [1.807, 2.05) is 0 Å². The molecule has 152 valence electrons. The van der Waals surface area contributed by atoms with Crippen molar-refractivity contribution in [2.24, 2.45) is 0 Å². The van der Waals surface area contributed by atoms with E-state index < -0.39 is 10.0 Å². The summed E-state index contributed by atoms with van der Waals surface area (Å²) in [4.78, 5) is 12.9. The molecule has 0 saturated carbocycles. The number of rotatable bonds is 9. The molecule has 0 radical (unpaired) electrons. The number of nitrogens with one attached hydrogen (secondary N) is 1. The Kier molecular flexibility index (Phi) is 8.03. The lowest BCUT2D eigenvalue weighted by atomic mass is 10.2. The summed E-state index contributed by atoms with van der Waals surface area (Å²) in [5.41, 5.74) is 1.05. The van der Waals surface area contributed by atoms with Crippen LogP contribution in [0.25, 0.3) is 0 Å². The quantitative estimate of drug-likeness (QED) is 0.610. The fourth-order valence-electron chi connectivity index (χ4n) is 2.70. The van der Waals surface area contributed by atoms with Gasteiger partial charge < -0.3 is 5.32 Å². The third-order valence-corrected chi connectivity index (χ3v) is 7.46. The Bertz CT molecular complexity index is 929. The number of hydrogen-bond donors (Lipinski definition) is 1. The van der Waals surface area contributed by atoms with E-state index in [4.69, 9.17) is 0 Å². The van der Waals surface area contributed by atoms with Gasteiger partial charge in [-0.05, 0) is 36.8 Å². The highest BCUT2D eigenvalue weighted by Crippen LogP contribution is 2.25. The van der Waals surface area contributed by atoms with E-state index in [1.165, 1.54) is 28.2 Å². The van der Waals surface area contributed by atoms with Crippen molar-refractivity contribution in [1.29, 1.82) is 0 Å². The zero-order valence-corrected chi connectivity index (χ0v) is 17.9. The first kappa shape index (κ1) is 22.4. The van der Waals surface area contributed by atoms with Gasteiger partial charge >= 0.3 is 0 Å². The molecule has 0 spiro atoms. The van der Waals surface area contributed by atoms with E-state index in [0.29, 0.717) is 35.0 Å². The molecule has 5 nitrogen and oxygen atoms in total. The van der Waals surface area contributed by atoms with E-state index in [9.17, 15) is 17.6 Å². The van der Waals surface area contributed by atoms with Gasteiger partial charge in [0, 0.05) is 35.8 Å². The number of hydrogen-bond acceptors (Lipinski definition) is 4. The summed E-state index contributed by atoms with van der Waals surface area (Å²) < 4.78 is 40.6. The highest BCUT2D eigenvalue weighted by molar-refractivity contribution is 7.99. The minimum atomic E-state index is -3.61. The van der Waals surface area contributed by atoms with Gasteiger partial charge in [0.2, 0.25) is 15.9 Å². The van der Waals surface area contributed by atoms with Crippen LogP contribution in [-0.4, -0.2) is 37.5 Å². The van der Waals surface area contributed by atoms with Crippen molar-refractivity contribution in [3.05, 3.63) is 53.8 Å². The maximum absolute atomic E-state index is 13.6. The van der Waals surface area contributed by atoms with Gasteiger partial charge in [-0.25, -0.2) is 12.8 Å². The molecule has 8 heteroatoms. The first-order chi connectivity index (χ1) is 13.3. The normalized spacial score (nSPS) is 11.6. The fraction of sp³-hybridized carbons (Fsp3) is 0.350. The third-order valence-electron chi connectivity index (χ3n) is 4.22. The maximum atomic E-state index is 13.6. The minimum absolute atomic E-state index is 0.186. The summed E-state index contributed by atoms with van der Waals surface area (Å²) in [6, 6.07) is 11.3. The lowest BCUT2D eigenvalue weighted by Crippen LogP contribution is -2.31. The standard InChI is InChI=1S/C20H25FN2O3S2/c1-4-23(5-2)28(25,26)19-14-16(11-10-15(19)3)22-20(24)12-13-27-18-9-7-6-8-17(18)21/h6-11,14H,4-5,12-13H2,1-3H3,(H,22,24). The zero-order chi connectivity index (χ0) is 20.7. The van der Waals surface area contributed by atoms with Crippen LogP contribution >= 0.6 is 11.8 Å². The van der Waals surface area contributed by atoms with E-state index in [2.05, 4.69) is 5.32 Å². The van der Waals surface area contributed by atoms with E-state index in [0.717, 1.165) is 0 Å². The van der Waals surface area contributed by atoms with Crippen molar-refractivity contribution < 1.29 is 17.6 Å². The highest BCUT2D eigenvalue weighted by Gasteiger charge is 2.24. The predicted octanol–water partition coefficient (Wildman–Crippen LogP) is 4.29. The van der Waals surface area contributed by atoms with Crippen molar-refractivity contribution in [3.8, 4) is 0 Å². The molecule has 0 saturated heterocycles. The number of carbonyl (C=O) groups is 1. The maximum Gasteiger partial charge on any atom is 0.243 e. The van der Waals surface area contributed by atoms with Crippen molar-refractivity contribution in [1.82, 2.24) is 4.31 Å². The van der Waals surface area contributed by atoms with Crippen LogP contribution < -0.4 is 5.32 Å². The van der Waals surface area contributed by atoms with Crippen LogP contribution in [0.5, 0.6) is 0 Å². The Morgan fingerprint density at radius 2 is 1.82 bits per heavy atom. The molecular formula is C20H25FN2O3S2. The molecule has 0 heterocycles. The largest absolute Gasteiger partial charge is 0.326 e. The van der Waals surface area contributed by atoms with Crippen LogP contribution in [-0.2, 0) is 14.8 Å². The third kappa shape index (κ3) is 5.56. The Hall–Kier alpha value is -1.90. The van der Waals surface area contributed by atoms with Gasteiger partial charge in [0.05, 0.1) is 4.90 Å². The molecule has 0 unspecified atom stereocenters. The van der Waals surface area contributed by atoms with Crippen molar-refractivity contribution in [2.45, 2.75) is 37.0 Å². The van der Waals surface area contributed by atoms with Gasteiger partial charge in [-0.3, -0.25) is 4.79 Å². The van der Waals surface area contributed by atoms with Gasteiger partial charge in [0.1, 0.15) is 5.82 Å². The summed E-state index contributed by atoms with van der Waals surface area (Å²) in [5.74, 6) is -0.139. The highest BCUT2D eigenvalue weighted by atomic mass is 32.2. The molecule has 2 rings (SSSR count). The molecule has 0 fully saturated rings. The topological polar surface area (TPSA) is 66.5 Å². The summed E-state index contributed by atoms with van der Waals surface area (Å²) in [5, 5.41) is 2.73. The van der Waals surface area contributed by atoms with Gasteiger partial charge in [0.15, 0.2) is 0 Å². The van der Waals surface area contributed by atoms with Crippen molar-refractivity contribution in [2.75, 3.05) is 24.2 Å². The fourth-order valence-corrected chi connectivity index (χ4v) is 5.29. The van der Waals surface area contributed by atoms with Gasteiger partial charge in [-0.15, -0.1) is 11.8 Å². The second-order valence-electron chi connectivity index (χ2n) is 6.15. The molecule has 2 aromatic rings. The Morgan fingerprint density at radius 3 is 2.46 bits per heavy atom. The van der Waals surface area contributed by atoms with Crippen molar-refractivity contribution in [3.63, 3.8) is 0 Å². The van der Waals surface area contributed by atoms with Gasteiger partial charge in [0.25, 0.3) is 0 Å². The van der Waals surface area contributed by atoms with E-state index in [1.54, 1.807) is 51.1 Å². The number of thioether (sulfide) groups is 1.